The first-order valence-electron chi connectivity index (χ1n) is 16.0. The standard InChI is InChI=1S/C34H55N5O3/c1-24(2)30(22-27(7)33(41)38-20-18-37(19-21-38)23-28-14-10-9-11-15-28)36(8)34(42)31(25(3)4)35-32(40)29-16-12-13-17-39(29)26(5)6/h9-11,14-15,22,24-26,29-31H,12-13,16-21,23H2,1-8H3,(H,35,40)/b27-22+/t29?,30-,31?/m1/s1. The van der Waals surface area contributed by atoms with Crippen molar-refractivity contribution < 1.29 is 14.4 Å². The Kier molecular flexibility index (Phi) is 12.6. The van der Waals surface area contributed by atoms with Crippen LogP contribution < -0.4 is 5.32 Å². The Morgan fingerprint density at radius 3 is 2.14 bits per heavy atom. The second kappa shape index (κ2) is 15.7. The highest BCUT2D eigenvalue weighted by atomic mass is 16.2. The first-order chi connectivity index (χ1) is 19.9. The van der Waals surface area contributed by atoms with Gasteiger partial charge in [-0.25, -0.2) is 0 Å². The van der Waals surface area contributed by atoms with Gasteiger partial charge >= 0.3 is 0 Å². The summed E-state index contributed by atoms with van der Waals surface area (Å²) in [5.74, 6) is -0.108. The van der Waals surface area contributed by atoms with E-state index in [0.29, 0.717) is 18.7 Å². The van der Waals surface area contributed by atoms with Crippen LogP contribution in [0, 0.1) is 11.8 Å². The van der Waals surface area contributed by atoms with E-state index in [1.165, 1.54) is 5.56 Å². The van der Waals surface area contributed by atoms with Crippen LogP contribution in [0.4, 0.5) is 0 Å². The van der Waals surface area contributed by atoms with Gasteiger partial charge in [-0.05, 0) is 57.6 Å². The molecule has 2 saturated heterocycles. The van der Waals surface area contributed by atoms with Crippen LogP contribution in [-0.4, -0.2) is 101 Å². The molecular weight excluding hydrogens is 526 g/mol. The monoisotopic (exact) mass is 581 g/mol. The SMILES string of the molecule is C/C(=C\[C@H](C(C)C)N(C)C(=O)C(NC(=O)C1CCCCN1C(C)C)C(C)C)C(=O)N1CCN(Cc2ccccc2)CC1. The van der Waals surface area contributed by atoms with Crippen LogP contribution in [0.3, 0.4) is 0 Å². The third-order valence-corrected chi connectivity index (χ3v) is 8.89. The van der Waals surface area contributed by atoms with E-state index in [9.17, 15) is 14.4 Å². The summed E-state index contributed by atoms with van der Waals surface area (Å²) in [5.41, 5.74) is 1.94. The Labute approximate surface area is 254 Å². The third kappa shape index (κ3) is 8.90. The molecule has 2 aliphatic rings. The molecule has 3 rings (SSSR count). The molecule has 3 amide bonds. The summed E-state index contributed by atoms with van der Waals surface area (Å²) in [6.07, 6.45) is 4.89. The van der Waals surface area contributed by atoms with Crippen molar-refractivity contribution in [1.29, 1.82) is 0 Å². The molecule has 2 unspecified atom stereocenters. The molecule has 0 bridgehead atoms. The number of hydrogen-bond acceptors (Lipinski definition) is 5. The highest BCUT2D eigenvalue weighted by Gasteiger charge is 2.36. The molecule has 0 aromatic heterocycles. The number of carbonyl (C=O) groups excluding carboxylic acids is 3. The van der Waals surface area contributed by atoms with E-state index in [-0.39, 0.29) is 47.7 Å². The fourth-order valence-electron chi connectivity index (χ4n) is 6.26. The molecule has 0 spiro atoms. The molecular formula is C34H55N5O3. The Balaban J connectivity index is 1.65. The molecule has 0 saturated carbocycles. The lowest BCUT2D eigenvalue weighted by Gasteiger charge is -2.39. The van der Waals surface area contributed by atoms with E-state index in [1.807, 2.05) is 37.8 Å². The van der Waals surface area contributed by atoms with Gasteiger partial charge in [-0.15, -0.1) is 0 Å². The van der Waals surface area contributed by atoms with Gasteiger partial charge in [0.15, 0.2) is 0 Å². The fourth-order valence-corrected chi connectivity index (χ4v) is 6.26. The van der Waals surface area contributed by atoms with Crippen LogP contribution in [0.2, 0.25) is 0 Å². The molecule has 234 valence electrons. The number of rotatable bonds is 11. The maximum atomic E-state index is 13.9. The molecule has 3 atom stereocenters. The fraction of sp³-hybridized carbons (Fsp3) is 0.676. The Morgan fingerprint density at radius 2 is 1.57 bits per heavy atom. The van der Waals surface area contributed by atoms with Crippen molar-refractivity contribution in [3.8, 4) is 0 Å². The Morgan fingerprint density at radius 1 is 0.929 bits per heavy atom. The first kappa shape index (κ1) is 33.8. The minimum atomic E-state index is -0.623. The maximum Gasteiger partial charge on any atom is 0.249 e. The zero-order valence-corrected chi connectivity index (χ0v) is 27.3. The third-order valence-electron chi connectivity index (χ3n) is 8.89. The van der Waals surface area contributed by atoms with Crippen LogP contribution in [-0.2, 0) is 20.9 Å². The number of carbonyl (C=O) groups is 3. The van der Waals surface area contributed by atoms with Crippen LogP contribution in [0.1, 0.15) is 73.3 Å². The molecule has 2 heterocycles. The lowest BCUT2D eigenvalue weighted by molar-refractivity contribution is -0.140. The molecule has 1 aromatic rings. The maximum absolute atomic E-state index is 13.9. The minimum absolute atomic E-state index is 0.0284. The number of likely N-dealkylation sites (tertiary alicyclic amines) is 1. The first-order valence-corrected chi connectivity index (χ1v) is 16.0. The molecule has 2 fully saturated rings. The Bertz CT molecular complexity index is 1060. The average molecular weight is 582 g/mol. The summed E-state index contributed by atoms with van der Waals surface area (Å²) in [6.45, 7) is 19.0. The number of hydrogen-bond donors (Lipinski definition) is 1. The molecule has 1 aromatic carbocycles. The molecule has 2 aliphatic heterocycles. The van der Waals surface area contributed by atoms with Gasteiger partial charge in [0.05, 0.1) is 12.1 Å². The van der Waals surface area contributed by atoms with Gasteiger partial charge in [-0.1, -0.05) is 70.5 Å². The zero-order valence-electron chi connectivity index (χ0n) is 27.3. The van der Waals surface area contributed by atoms with Gasteiger partial charge < -0.3 is 15.1 Å². The van der Waals surface area contributed by atoms with Crippen molar-refractivity contribution in [2.75, 3.05) is 39.8 Å². The Hall–Kier alpha value is -2.71. The second-order valence-electron chi connectivity index (χ2n) is 13.2. The second-order valence-corrected chi connectivity index (χ2v) is 13.2. The average Bonchev–Trinajstić information content (AvgIpc) is 2.97. The zero-order chi connectivity index (χ0) is 31.0. The summed E-state index contributed by atoms with van der Waals surface area (Å²) in [7, 11) is 1.80. The highest BCUT2D eigenvalue weighted by molar-refractivity contribution is 5.93. The number of likely N-dealkylation sites (N-methyl/N-ethyl adjacent to an activating group) is 1. The van der Waals surface area contributed by atoms with Crippen molar-refractivity contribution in [2.24, 2.45) is 11.8 Å². The number of benzene rings is 1. The largest absolute Gasteiger partial charge is 0.343 e. The van der Waals surface area contributed by atoms with Crippen molar-refractivity contribution in [3.05, 3.63) is 47.5 Å². The highest BCUT2D eigenvalue weighted by Crippen LogP contribution is 2.22. The van der Waals surface area contributed by atoms with Gasteiger partial charge in [0.2, 0.25) is 17.7 Å². The van der Waals surface area contributed by atoms with Gasteiger partial charge in [-0.3, -0.25) is 24.2 Å². The topological polar surface area (TPSA) is 76.2 Å². The van der Waals surface area contributed by atoms with E-state index in [1.54, 1.807) is 11.9 Å². The lowest BCUT2D eigenvalue weighted by atomic mass is 9.95. The van der Waals surface area contributed by atoms with Gasteiger partial charge in [0.1, 0.15) is 6.04 Å². The normalized spacial score (nSPS) is 20.6. The number of nitrogens with zero attached hydrogens (tertiary/aromatic N) is 4. The predicted molar refractivity (Wildman–Crippen MR) is 170 cm³/mol. The van der Waals surface area contributed by atoms with E-state index in [2.05, 4.69) is 67.1 Å². The number of piperidine rings is 1. The van der Waals surface area contributed by atoms with E-state index >= 15 is 0 Å². The number of nitrogens with one attached hydrogen (secondary N) is 1. The van der Waals surface area contributed by atoms with Crippen LogP contribution >= 0.6 is 0 Å². The summed E-state index contributed by atoms with van der Waals surface area (Å²) in [5, 5.41) is 3.12. The van der Waals surface area contributed by atoms with Crippen molar-refractivity contribution in [3.63, 3.8) is 0 Å². The van der Waals surface area contributed by atoms with E-state index < -0.39 is 6.04 Å². The molecule has 8 heteroatoms. The van der Waals surface area contributed by atoms with Crippen molar-refractivity contribution in [2.45, 2.75) is 98.4 Å². The van der Waals surface area contributed by atoms with E-state index in [0.717, 1.165) is 45.4 Å². The quantitative estimate of drug-likeness (QED) is 0.397. The summed E-state index contributed by atoms with van der Waals surface area (Å²) in [4.78, 5) is 49.0. The van der Waals surface area contributed by atoms with Gasteiger partial charge in [0.25, 0.3) is 0 Å². The number of amides is 3. The smallest absolute Gasteiger partial charge is 0.249 e. The molecule has 0 aliphatic carbocycles. The van der Waals surface area contributed by atoms with Gasteiger partial charge in [0, 0.05) is 51.4 Å². The van der Waals surface area contributed by atoms with Crippen LogP contribution in [0.5, 0.6) is 0 Å². The predicted octanol–water partition coefficient (Wildman–Crippen LogP) is 4.16. The molecule has 42 heavy (non-hydrogen) atoms. The van der Waals surface area contributed by atoms with Crippen LogP contribution in [0.25, 0.3) is 0 Å². The van der Waals surface area contributed by atoms with Crippen molar-refractivity contribution in [1.82, 2.24) is 24.9 Å². The summed E-state index contributed by atoms with van der Waals surface area (Å²) >= 11 is 0. The molecule has 8 nitrogen and oxygen atoms in total. The molecule has 0 radical (unpaired) electrons. The summed E-state index contributed by atoms with van der Waals surface area (Å²) in [6, 6.07) is 9.62. The summed E-state index contributed by atoms with van der Waals surface area (Å²) < 4.78 is 0. The van der Waals surface area contributed by atoms with E-state index in [4.69, 9.17) is 0 Å². The number of piperazine rings is 1. The van der Waals surface area contributed by atoms with Crippen molar-refractivity contribution >= 4 is 17.7 Å². The van der Waals surface area contributed by atoms with Gasteiger partial charge in [-0.2, -0.15) is 0 Å². The van der Waals surface area contributed by atoms with Crippen LogP contribution in [0.15, 0.2) is 42.0 Å². The minimum Gasteiger partial charge on any atom is -0.343 e. The molecule has 1 N–H and O–H groups in total. The lowest BCUT2D eigenvalue weighted by Crippen LogP contribution is -2.58.